The number of carbonyl (C=O) groups is 2. The van der Waals surface area contributed by atoms with E-state index in [0.717, 1.165) is 36.8 Å². The lowest BCUT2D eigenvalue weighted by Gasteiger charge is -2.34. The van der Waals surface area contributed by atoms with Gasteiger partial charge in [-0.25, -0.2) is 13.1 Å². The number of hydrogen-bond acceptors (Lipinski definition) is 5. The Morgan fingerprint density at radius 1 is 0.814 bits per heavy atom. The van der Waals surface area contributed by atoms with Gasteiger partial charge >= 0.3 is 0 Å². The second-order valence-electron chi connectivity index (χ2n) is 11.9. The van der Waals surface area contributed by atoms with Crippen LogP contribution in [0.4, 0.5) is 0 Å². The van der Waals surface area contributed by atoms with E-state index in [1.165, 1.54) is 0 Å². The van der Waals surface area contributed by atoms with Gasteiger partial charge in [-0.1, -0.05) is 91.0 Å². The maximum absolute atomic E-state index is 14.5. The summed E-state index contributed by atoms with van der Waals surface area (Å²) in [4.78, 5) is 29.6. The summed E-state index contributed by atoms with van der Waals surface area (Å²) in [5.41, 5.74) is 8.29. The second-order valence-corrected chi connectivity index (χ2v) is 13.6. The molecule has 1 aliphatic heterocycles. The van der Waals surface area contributed by atoms with Crippen molar-refractivity contribution in [2.45, 2.75) is 68.3 Å². The molecule has 1 saturated carbocycles. The van der Waals surface area contributed by atoms with E-state index in [9.17, 15) is 18.0 Å². The summed E-state index contributed by atoms with van der Waals surface area (Å²) in [5.74, 6) is -1.05. The van der Waals surface area contributed by atoms with E-state index in [1.807, 2.05) is 66.7 Å². The van der Waals surface area contributed by atoms with Gasteiger partial charge in [0.05, 0.1) is 5.75 Å². The van der Waals surface area contributed by atoms with Gasteiger partial charge in [-0.15, -0.1) is 0 Å². The van der Waals surface area contributed by atoms with E-state index >= 15 is 0 Å². The van der Waals surface area contributed by atoms with Gasteiger partial charge in [-0.2, -0.15) is 0 Å². The Balaban J connectivity index is 1.43. The van der Waals surface area contributed by atoms with E-state index in [4.69, 9.17) is 5.73 Å². The minimum atomic E-state index is -3.94. The number of nitrogens with one attached hydrogen (secondary N) is 2. The highest BCUT2D eigenvalue weighted by atomic mass is 32.2. The van der Waals surface area contributed by atoms with Crippen molar-refractivity contribution >= 4 is 21.8 Å². The molecule has 5 rings (SSSR count). The highest BCUT2D eigenvalue weighted by molar-refractivity contribution is 7.88. The molecule has 2 fully saturated rings. The SMILES string of the molecule is NC1CCC(CNC(=O)[C@@H]2CCCN2C(=O)[C@H](NS(=O)(=O)Cc2ccccc2)C(c2ccccc2)c2ccccc2)CC1. The van der Waals surface area contributed by atoms with Gasteiger partial charge in [0, 0.05) is 25.0 Å². The van der Waals surface area contributed by atoms with Gasteiger partial charge < -0.3 is 16.0 Å². The summed E-state index contributed by atoms with van der Waals surface area (Å²) in [6.45, 7) is 0.955. The van der Waals surface area contributed by atoms with E-state index in [2.05, 4.69) is 10.0 Å². The number of hydrogen-bond donors (Lipinski definition) is 3. The molecular formula is C34H42N4O4S. The summed E-state index contributed by atoms with van der Waals surface area (Å²) in [6.07, 6.45) is 5.09. The lowest BCUT2D eigenvalue weighted by atomic mass is 9.84. The van der Waals surface area contributed by atoms with Crippen LogP contribution in [0.15, 0.2) is 91.0 Å². The number of benzene rings is 3. The lowest BCUT2D eigenvalue weighted by molar-refractivity contribution is -0.140. The first-order valence-electron chi connectivity index (χ1n) is 15.3. The zero-order valence-electron chi connectivity index (χ0n) is 24.5. The lowest BCUT2D eigenvalue weighted by Crippen LogP contribution is -2.55. The molecule has 0 spiro atoms. The normalized spacial score (nSPS) is 21.4. The fourth-order valence-corrected chi connectivity index (χ4v) is 7.76. The molecule has 2 atom stereocenters. The van der Waals surface area contributed by atoms with Crippen LogP contribution in [0.25, 0.3) is 0 Å². The highest BCUT2D eigenvalue weighted by Crippen LogP contribution is 2.32. The molecule has 9 heteroatoms. The number of carbonyl (C=O) groups excluding carboxylic acids is 2. The number of sulfonamides is 1. The average molecular weight is 603 g/mol. The summed E-state index contributed by atoms with van der Waals surface area (Å²) in [6, 6.07) is 26.3. The van der Waals surface area contributed by atoms with Crippen molar-refractivity contribution in [1.82, 2.24) is 14.9 Å². The largest absolute Gasteiger partial charge is 0.354 e. The fraction of sp³-hybridized carbons (Fsp3) is 0.412. The van der Waals surface area contributed by atoms with Crippen molar-refractivity contribution in [3.8, 4) is 0 Å². The molecule has 2 amide bonds. The first-order valence-corrected chi connectivity index (χ1v) is 16.9. The third-order valence-electron chi connectivity index (χ3n) is 8.72. The molecule has 1 aliphatic carbocycles. The van der Waals surface area contributed by atoms with Crippen molar-refractivity contribution in [2.75, 3.05) is 13.1 Å². The number of likely N-dealkylation sites (tertiary alicyclic amines) is 1. The number of rotatable bonds is 11. The summed E-state index contributed by atoms with van der Waals surface area (Å²) in [5, 5.41) is 3.09. The maximum Gasteiger partial charge on any atom is 0.242 e. The van der Waals surface area contributed by atoms with Gasteiger partial charge in [0.15, 0.2) is 0 Å². The maximum atomic E-state index is 14.5. The van der Waals surface area contributed by atoms with Gasteiger partial charge in [-0.05, 0) is 61.1 Å². The molecular weight excluding hydrogens is 560 g/mol. The molecule has 3 aromatic carbocycles. The van der Waals surface area contributed by atoms with Gasteiger partial charge in [0.25, 0.3) is 0 Å². The van der Waals surface area contributed by atoms with E-state index in [1.54, 1.807) is 29.2 Å². The average Bonchev–Trinajstić information content (AvgIpc) is 3.52. The predicted octanol–water partition coefficient (Wildman–Crippen LogP) is 3.93. The van der Waals surface area contributed by atoms with Crippen LogP contribution in [0.1, 0.15) is 61.1 Å². The molecule has 8 nitrogen and oxygen atoms in total. The molecule has 0 bridgehead atoms. The molecule has 2 aliphatic rings. The quantitative estimate of drug-likeness (QED) is 0.307. The Kier molecular flexibility index (Phi) is 10.3. The Morgan fingerprint density at radius 3 is 1.95 bits per heavy atom. The minimum absolute atomic E-state index is 0.178. The zero-order valence-corrected chi connectivity index (χ0v) is 25.3. The first-order chi connectivity index (χ1) is 20.8. The zero-order chi connectivity index (χ0) is 30.2. The molecule has 43 heavy (non-hydrogen) atoms. The second kappa shape index (κ2) is 14.3. The van der Waals surface area contributed by atoms with Crippen molar-refractivity contribution in [3.05, 3.63) is 108 Å². The van der Waals surface area contributed by atoms with Gasteiger partial charge in [0.1, 0.15) is 12.1 Å². The van der Waals surface area contributed by atoms with Crippen LogP contribution in [0, 0.1) is 5.92 Å². The van der Waals surface area contributed by atoms with E-state index < -0.39 is 33.9 Å². The topological polar surface area (TPSA) is 122 Å². The Labute approximate surface area is 255 Å². The fourth-order valence-electron chi connectivity index (χ4n) is 6.42. The number of amides is 2. The molecule has 0 radical (unpaired) electrons. The molecule has 1 saturated heterocycles. The Morgan fingerprint density at radius 2 is 1.37 bits per heavy atom. The smallest absolute Gasteiger partial charge is 0.242 e. The number of nitrogens with zero attached hydrogens (tertiary/aromatic N) is 1. The summed E-state index contributed by atoms with van der Waals surface area (Å²) in [7, 11) is -3.94. The van der Waals surface area contributed by atoms with Crippen LogP contribution >= 0.6 is 0 Å². The van der Waals surface area contributed by atoms with Crippen molar-refractivity contribution in [2.24, 2.45) is 11.7 Å². The summed E-state index contributed by atoms with van der Waals surface area (Å²) < 4.78 is 30.1. The van der Waals surface area contributed by atoms with Gasteiger partial charge in [0.2, 0.25) is 21.8 Å². The molecule has 3 aromatic rings. The van der Waals surface area contributed by atoms with Crippen LogP contribution in [0.2, 0.25) is 0 Å². The monoisotopic (exact) mass is 602 g/mol. The third kappa shape index (κ3) is 8.10. The standard InChI is InChI=1S/C34H42N4O4S/c35-29-20-18-25(19-21-29)23-36-33(39)30-17-10-22-38(30)34(40)32(37-43(41,42)24-26-11-4-1-5-12-26)31(27-13-6-2-7-14-27)28-15-8-3-9-16-28/h1-9,11-16,25,29-32,37H,10,17-24,35H2,(H,36,39)/t25?,29?,30-,32+/m0/s1. The van der Waals surface area contributed by atoms with Crippen molar-refractivity contribution < 1.29 is 18.0 Å². The Bertz CT molecular complexity index is 1410. The molecule has 0 unspecified atom stereocenters. The van der Waals surface area contributed by atoms with Crippen LogP contribution in [-0.4, -0.2) is 56.3 Å². The van der Waals surface area contributed by atoms with E-state index in [0.29, 0.717) is 37.4 Å². The van der Waals surface area contributed by atoms with Gasteiger partial charge in [-0.3, -0.25) is 9.59 Å². The van der Waals surface area contributed by atoms with Crippen LogP contribution in [0.3, 0.4) is 0 Å². The number of nitrogens with two attached hydrogens (primary N) is 1. The highest BCUT2D eigenvalue weighted by Gasteiger charge is 2.42. The van der Waals surface area contributed by atoms with Crippen LogP contribution in [0.5, 0.6) is 0 Å². The predicted molar refractivity (Wildman–Crippen MR) is 168 cm³/mol. The van der Waals surface area contributed by atoms with Crippen LogP contribution in [-0.2, 0) is 25.4 Å². The van der Waals surface area contributed by atoms with E-state index in [-0.39, 0.29) is 17.7 Å². The van der Waals surface area contributed by atoms with Crippen LogP contribution < -0.4 is 15.8 Å². The third-order valence-corrected chi connectivity index (χ3v) is 10.0. The van der Waals surface area contributed by atoms with Crippen molar-refractivity contribution in [3.63, 3.8) is 0 Å². The molecule has 4 N–H and O–H groups in total. The summed E-state index contributed by atoms with van der Waals surface area (Å²) >= 11 is 0. The minimum Gasteiger partial charge on any atom is -0.354 e. The molecule has 0 aromatic heterocycles. The van der Waals surface area contributed by atoms with Crippen molar-refractivity contribution in [1.29, 1.82) is 0 Å². The first kappa shape index (κ1) is 30.9. The molecule has 228 valence electrons. The Hall–Kier alpha value is -3.53. The molecule has 1 heterocycles.